The standard InChI is InChI=1S/C31H24Cl3NO6/c32-20-2-1-3-23(14-20)41-27-15-21(33)7-4-18(27)10-12-35-30(36)19-5-8-22(9-6-19)40-29-17-28-25(16-26(29)34)24(31(37)38)11-13-39-28/h1-9,14-17,24H,10-13H2,(H,35,36)(H,37,38). The smallest absolute Gasteiger partial charge is 0.311 e. The molecule has 10 heteroatoms. The number of carboxylic acids is 1. The van der Waals surface area contributed by atoms with Crippen molar-refractivity contribution < 1.29 is 28.9 Å². The van der Waals surface area contributed by atoms with Gasteiger partial charge in [0.1, 0.15) is 28.7 Å². The fraction of sp³-hybridized carbons (Fsp3) is 0.161. The molecule has 0 aromatic heterocycles. The lowest BCUT2D eigenvalue weighted by Gasteiger charge is -2.24. The molecular formula is C31H24Cl3NO6. The first-order valence-corrected chi connectivity index (χ1v) is 13.9. The number of hydrogen-bond acceptors (Lipinski definition) is 5. The number of aliphatic carboxylic acids is 1. The normalized spacial score (nSPS) is 14.0. The number of fused-ring (bicyclic) bond motifs is 1. The second kappa shape index (κ2) is 12.7. The molecule has 1 aliphatic heterocycles. The van der Waals surface area contributed by atoms with Gasteiger partial charge in [-0.25, -0.2) is 0 Å². The third-order valence-corrected chi connectivity index (χ3v) is 7.24. The Labute approximate surface area is 251 Å². The minimum absolute atomic E-state index is 0.247. The van der Waals surface area contributed by atoms with Crippen LogP contribution in [0.1, 0.15) is 33.8 Å². The van der Waals surface area contributed by atoms with E-state index in [9.17, 15) is 14.7 Å². The van der Waals surface area contributed by atoms with E-state index in [-0.39, 0.29) is 10.9 Å². The first-order chi connectivity index (χ1) is 19.8. The molecule has 1 aliphatic rings. The predicted octanol–water partition coefficient (Wildman–Crippen LogP) is 8.15. The van der Waals surface area contributed by atoms with E-state index in [1.165, 1.54) is 0 Å². The predicted molar refractivity (Wildman–Crippen MR) is 157 cm³/mol. The number of rotatable bonds is 9. The number of carbonyl (C=O) groups excluding carboxylic acids is 1. The highest BCUT2D eigenvalue weighted by atomic mass is 35.5. The van der Waals surface area contributed by atoms with Gasteiger partial charge in [-0.1, -0.05) is 46.9 Å². The lowest BCUT2D eigenvalue weighted by molar-refractivity contribution is -0.139. The van der Waals surface area contributed by atoms with Crippen molar-refractivity contribution in [2.75, 3.05) is 13.2 Å². The third kappa shape index (κ3) is 7.06. The number of ether oxygens (including phenoxy) is 3. The van der Waals surface area contributed by atoms with Crippen LogP contribution < -0.4 is 19.5 Å². The first-order valence-electron chi connectivity index (χ1n) is 12.7. The van der Waals surface area contributed by atoms with Gasteiger partial charge in [0.2, 0.25) is 0 Å². The molecule has 0 saturated heterocycles. The molecule has 1 unspecified atom stereocenters. The van der Waals surface area contributed by atoms with Gasteiger partial charge in [0.05, 0.1) is 17.5 Å². The summed E-state index contributed by atoms with van der Waals surface area (Å²) in [5, 5.41) is 13.7. The average molecular weight is 613 g/mol. The summed E-state index contributed by atoms with van der Waals surface area (Å²) in [7, 11) is 0. The van der Waals surface area contributed by atoms with Crippen molar-refractivity contribution >= 4 is 46.7 Å². The van der Waals surface area contributed by atoms with E-state index < -0.39 is 11.9 Å². The van der Waals surface area contributed by atoms with E-state index in [0.29, 0.717) is 75.9 Å². The summed E-state index contributed by atoms with van der Waals surface area (Å²) in [5.41, 5.74) is 1.85. The van der Waals surface area contributed by atoms with Crippen LogP contribution in [0.2, 0.25) is 15.1 Å². The lowest BCUT2D eigenvalue weighted by atomic mass is 9.93. The van der Waals surface area contributed by atoms with E-state index in [4.69, 9.17) is 49.0 Å². The number of amides is 1. The minimum atomic E-state index is -0.923. The van der Waals surface area contributed by atoms with Gasteiger partial charge >= 0.3 is 5.97 Å². The maximum Gasteiger partial charge on any atom is 0.311 e. The van der Waals surface area contributed by atoms with Crippen molar-refractivity contribution in [3.63, 3.8) is 0 Å². The van der Waals surface area contributed by atoms with Crippen molar-refractivity contribution in [1.29, 1.82) is 0 Å². The second-order valence-electron chi connectivity index (χ2n) is 9.29. The maximum atomic E-state index is 12.8. The van der Waals surface area contributed by atoms with E-state index in [0.717, 1.165) is 5.56 Å². The Morgan fingerprint density at radius 1 is 0.878 bits per heavy atom. The molecular weight excluding hydrogens is 589 g/mol. The highest BCUT2D eigenvalue weighted by Crippen LogP contribution is 2.42. The molecule has 4 aromatic carbocycles. The first kappa shape index (κ1) is 28.6. The Hall–Kier alpha value is -3.91. The molecule has 0 radical (unpaired) electrons. The van der Waals surface area contributed by atoms with Crippen molar-refractivity contribution in [2.24, 2.45) is 0 Å². The zero-order valence-electron chi connectivity index (χ0n) is 21.5. The number of halogens is 3. The molecule has 4 aromatic rings. The second-order valence-corrected chi connectivity index (χ2v) is 10.6. The molecule has 0 aliphatic carbocycles. The molecule has 5 rings (SSSR count). The minimum Gasteiger partial charge on any atom is -0.493 e. The summed E-state index contributed by atoms with van der Waals surface area (Å²) in [5.74, 6) is 0.535. The summed E-state index contributed by atoms with van der Waals surface area (Å²) in [6, 6.07) is 22.2. The Morgan fingerprint density at radius 3 is 2.39 bits per heavy atom. The van der Waals surface area contributed by atoms with Gasteiger partial charge in [-0.05, 0) is 79.1 Å². The summed E-state index contributed by atoms with van der Waals surface area (Å²) < 4.78 is 17.5. The molecule has 1 heterocycles. The number of hydrogen-bond donors (Lipinski definition) is 2. The number of carboxylic acid groups (broad SMARTS) is 1. The van der Waals surface area contributed by atoms with Gasteiger partial charge in [-0.15, -0.1) is 0 Å². The summed E-state index contributed by atoms with van der Waals surface area (Å²) in [4.78, 5) is 24.3. The zero-order chi connectivity index (χ0) is 28.9. The van der Waals surface area contributed by atoms with E-state index in [1.807, 2.05) is 6.07 Å². The van der Waals surface area contributed by atoms with Crippen LogP contribution in [0.3, 0.4) is 0 Å². The Bertz CT molecular complexity index is 1590. The van der Waals surface area contributed by atoms with Crippen molar-refractivity contribution in [1.82, 2.24) is 5.32 Å². The van der Waals surface area contributed by atoms with Gasteiger partial charge in [0.25, 0.3) is 5.91 Å². The molecule has 0 fully saturated rings. The molecule has 1 atom stereocenters. The fourth-order valence-electron chi connectivity index (χ4n) is 4.43. The average Bonchev–Trinajstić information content (AvgIpc) is 2.94. The highest BCUT2D eigenvalue weighted by Gasteiger charge is 2.29. The van der Waals surface area contributed by atoms with Crippen LogP contribution >= 0.6 is 34.8 Å². The van der Waals surface area contributed by atoms with Crippen molar-refractivity contribution in [2.45, 2.75) is 18.8 Å². The molecule has 0 bridgehead atoms. The third-order valence-electron chi connectivity index (χ3n) is 6.48. The Kier molecular flexibility index (Phi) is 8.88. The molecule has 1 amide bonds. The van der Waals surface area contributed by atoms with Crippen LogP contribution in [0.25, 0.3) is 0 Å². The molecule has 41 heavy (non-hydrogen) atoms. The number of nitrogens with one attached hydrogen (secondary N) is 1. The van der Waals surface area contributed by atoms with E-state index >= 15 is 0 Å². The number of benzene rings is 4. The van der Waals surface area contributed by atoms with Crippen LogP contribution in [0.15, 0.2) is 78.9 Å². The lowest BCUT2D eigenvalue weighted by Crippen LogP contribution is -2.25. The molecule has 7 nitrogen and oxygen atoms in total. The Morgan fingerprint density at radius 2 is 1.63 bits per heavy atom. The van der Waals surface area contributed by atoms with Crippen LogP contribution in [0, 0.1) is 0 Å². The van der Waals surface area contributed by atoms with Crippen molar-refractivity contribution in [3.05, 3.63) is 111 Å². The molecule has 2 N–H and O–H groups in total. The Balaban J connectivity index is 1.19. The van der Waals surface area contributed by atoms with Crippen LogP contribution in [0.4, 0.5) is 0 Å². The van der Waals surface area contributed by atoms with Crippen molar-refractivity contribution in [3.8, 4) is 28.7 Å². The SMILES string of the molecule is O=C(NCCc1ccc(Cl)cc1Oc1cccc(Cl)c1)c1ccc(Oc2cc3c(cc2Cl)C(C(=O)O)CCO3)cc1. The summed E-state index contributed by atoms with van der Waals surface area (Å²) >= 11 is 18.6. The van der Waals surface area contributed by atoms with Gasteiger partial charge in [0, 0.05) is 33.8 Å². The fourth-order valence-corrected chi connectivity index (χ4v) is 4.98. The molecule has 210 valence electrons. The maximum absolute atomic E-state index is 12.8. The van der Waals surface area contributed by atoms with Gasteiger partial charge < -0.3 is 24.6 Å². The molecule has 0 spiro atoms. The zero-order valence-corrected chi connectivity index (χ0v) is 23.8. The van der Waals surface area contributed by atoms with Crippen LogP contribution in [0.5, 0.6) is 28.7 Å². The van der Waals surface area contributed by atoms with Crippen LogP contribution in [-0.4, -0.2) is 30.1 Å². The quantitative estimate of drug-likeness (QED) is 0.198. The van der Waals surface area contributed by atoms with E-state index in [2.05, 4.69) is 5.32 Å². The van der Waals surface area contributed by atoms with Gasteiger partial charge in [0.15, 0.2) is 0 Å². The summed E-state index contributed by atoms with van der Waals surface area (Å²) in [6.45, 7) is 0.662. The van der Waals surface area contributed by atoms with Crippen LogP contribution in [-0.2, 0) is 11.2 Å². The molecule has 0 saturated carbocycles. The van der Waals surface area contributed by atoms with Gasteiger partial charge in [-0.3, -0.25) is 9.59 Å². The number of carbonyl (C=O) groups is 2. The highest BCUT2D eigenvalue weighted by molar-refractivity contribution is 6.32. The van der Waals surface area contributed by atoms with E-state index in [1.54, 1.807) is 72.8 Å². The summed E-state index contributed by atoms with van der Waals surface area (Å²) in [6.07, 6.45) is 0.891. The topological polar surface area (TPSA) is 94.1 Å². The van der Waals surface area contributed by atoms with Gasteiger partial charge in [-0.2, -0.15) is 0 Å². The monoisotopic (exact) mass is 611 g/mol. The largest absolute Gasteiger partial charge is 0.493 e.